The van der Waals surface area contributed by atoms with Gasteiger partial charge in [-0.15, -0.1) is 0 Å². The van der Waals surface area contributed by atoms with E-state index in [0.29, 0.717) is 19.6 Å². The molecule has 2 rings (SSSR count). The van der Waals surface area contributed by atoms with Crippen molar-refractivity contribution >= 4 is 15.9 Å². The molecule has 2 aliphatic heterocycles. The quantitative estimate of drug-likeness (QED) is 0.682. The van der Waals surface area contributed by atoms with Crippen LogP contribution in [0.3, 0.4) is 0 Å². The normalized spacial score (nSPS) is 27.9. The van der Waals surface area contributed by atoms with Crippen molar-refractivity contribution in [1.82, 2.24) is 9.21 Å². The van der Waals surface area contributed by atoms with Gasteiger partial charge in [0, 0.05) is 26.2 Å². The van der Waals surface area contributed by atoms with E-state index in [4.69, 9.17) is 5.11 Å². The Hall–Kier alpha value is -0.660. The van der Waals surface area contributed by atoms with Crippen molar-refractivity contribution in [2.24, 2.45) is 5.92 Å². The van der Waals surface area contributed by atoms with Crippen LogP contribution in [0, 0.1) is 5.92 Å². The van der Waals surface area contributed by atoms with Crippen LogP contribution in [0.4, 0.5) is 0 Å². The third-order valence-electron chi connectivity index (χ3n) is 3.38. The predicted octanol–water partition coefficient (Wildman–Crippen LogP) is -1.14. The highest BCUT2D eigenvalue weighted by Gasteiger charge is 2.36. The second-order valence-electron chi connectivity index (χ2n) is 4.86. The number of rotatable bonds is 2. The van der Waals surface area contributed by atoms with Crippen molar-refractivity contribution in [1.29, 1.82) is 0 Å². The Morgan fingerprint density at radius 3 is 2.47 bits per heavy atom. The third kappa shape index (κ3) is 2.78. The Kier molecular flexibility index (Phi) is 3.42. The zero-order valence-corrected chi connectivity index (χ0v) is 10.7. The molecule has 2 heterocycles. The minimum atomic E-state index is -3.20. The number of hydrogen-bond donors (Lipinski definition) is 1. The maximum atomic E-state index is 12.0. The van der Waals surface area contributed by atoms with Gasteiger partial charge in [-0.05, 0) is 12.8 Å². The topological polar surface area (TPSA) is 77.9 Å². The lowest BCUT2D eigenvalue weighted by Gasteiger charge is -2.40. The number of piperidine rings is 1. The Bertz CT molecular complexity index is 403. The summed E-state index contributed by atoms with van der Waals surface area (Å²) in [4.78, 5) is 13.6. The van der Waals surface area contributed by atoms with Crippen LogP contribution < -0.4 is 0 Å². The summed E-state index contributed by atoms with van der Waals surface area (Å²) in [6.45, 7) is 1.55. The summed E-state index contributed by atoms with van der Waals surface area (Å²) in [5.41, 5.74) is 0. The van der Waals surface area contributed by atoms with E-state index in [1.54, 1.807) is 4.90 Å². The fourth-order valence-electron chi connectivity index (χ4n) is 2.34. The average Bonchev–Trinajstić information content (AvgIpc) is 2.23. The number of nitrogens with zero attached hydrogens (tertiary/aromatic N) is 2. The van der Waals surface area contributed by atoms with E-state index in [9.17, 15) is 13.2 Å². The number of hydrogen-bond acceptors (Lipinski definition) is 4. The van der Waals surface area contributed by atoms with Gasteiger partial charge in [-0.1, -0.05) is 0 Å². The molecular formula is C10H18N2O4S. The van der Waals surface area contributed by atoms with Gasteiger partial charge in [-0.3, -0.25) is 4.79 Å². The van der Waals surface area contributed by atoms with Gasteiger partial charge in [0.1, 0.15) is 0 Å². The number of aliphatic hydroxyl groups excluding tert-OH is 1. The highest BCUT2D eigenvalue weighted by atomic mass is 32.2. The summed E-state index contributed by atoms with van der Waals surface area (Å²) in [7, 11) is -3.20. The first-order valence-electron chi connectivity index (χ1n) is 5.80. The number of amides is 1. The van der Waals surface area contributed by atoms with E-state index in [2.05, 4.69) is 0 Å². The van der Waals surface area contributed by atoms with Crippen molar-refractivity contribution in [2.45, 2.75) is 18.9 Å². The van der Waals surface area contributed by atoms with Crippen molar-refractivity contribution in [3.05, 3.63) is 0 Å². The van der Waals surface area contributed by atoms with Gasteiger partial charge in [0.05, 0.1) is 18.3 Å². The molecule has 1 N–H and O–H groups in total. The lowest BCUT2D eigenvalue weighted by Crippen LogP contribution is -2.57. The molecule has 0 aromatic carbocycles. The van der Waals surface area contributed by atoms with Crippen LogP contribution in [-0.4, -0.2) is 67.2 Å². The van der Waals surface area contributed by atoms with Gasteiger partial charge in [-0.25, -0.2) is 12.7 Å². The summed E-state index contributed by atoms with van der Waals surface area (Å²) >= 11 is 0. The number of likely N-dealkylation sites (tertiary alicyclic amines) is 1. The molecular weight excluding hydrogens is 244 g/mol. The molecule has 6 nitrogen and oxygen atoms in total. The van der Waals surface area contributed by atoms with Gasteiger partial charge >= 0.3 is 0 Å². The fourth-order valence-corrected chi connectivity index (χ4v) is 3.25. The smallest absolute Gasteiger partial charge is 0.227 e. The molecule has 7 heteroatoms. The highest BCUT2D eigenvalue weighted by Crippen LogP contribution is 2.22. The Morgan fingerprint density at radius 2 is 1.94 bits per heavy atom. The molecule has 0 bridgehead atoms. The molecule has 1 unspecified atom stereocenters. The van der Waals surface area contributed by atoms with Crippen molar-refractivity contribution < 1.29 is 18.3 Å². The summed E-state index contributed by atoms with van der Waals surface area (Å²) < 4.78 is 24.2. The number of sulfonamides is 1. The number of β-amino-alcohol motifs (C(OH)–C–C–N with tert-alkyl or cyclic N) is 1. The van der Waals surface area contributed by atoms with Crippen LogP contribution in [-0.2, 0) is 14.8 Å². The minimum Gasteiger partial charge on any atom is -0.389 e. The van der Waals surface area contributed by atoms with Crippen LogP contribution in [0.5, 0.6) is 0 Å². The Morgan fingerprint density at radius 1 is 1.29 bits per heavy atom. The van der Waals surface area contributed by atoms with Gasteiger partial charge in [0.2, 0.25) is 15.9 Å². The molecule has 0 aliphatic carbocycles. The molecule has 1 amide bonds. The van der Waals surface area contributed by atoms with Crippen molar-refractivity contribution in [3.63, 3.8) is 0 Å². The van der Waals surface area contributed by atoms with E-state index in [0.717, 1.165) is 12.8 Å². The SMILES string of the molecule is CS(=O)(=O)N1CCCC(C(=O)N2CC(O)C2)C1. The van der Waals surface area contributed by atoms with E-state index in [-0.39, 0.29) is 18.4 Å². The first-order valence-corrected chi connectivity index (χ1v) is 7.64. The largest absolute Gasteiger partial charge is 0.389 e. The molecule has 2 saturated heterocycles. The Balaban J connectivity index is 1.95. The number of carbonyl (C=O) groups excluding carboxylic acids is 1. The molecule has 2 aliphatic rings. The van der Waals surface area contributed by atoms with Crippen molar-refractivity contribution in [3.8, 4) is 0 Å². The molecule has 17 heavy (non-hydrogen) atoms. The third-order valence-corrected chi connectivity index (χ3v) is 4.65. The maximum Gasteiger partial charge on any atom is 0.227 e. The van der Waals surface area contributed by atoms with E-state index in [1.165, 1.54) is 10.6 Å². The van der Waals surface area contributed by atoms with Crippen molar-refractivity contribution in [2.75, 3.05) is 32.4 Å². The second kappa shape index (κ2) is 4.55. The molecule has 98 valence electrons. The lowest BCUT2D eigenvalue weighted by molar-refractivity contribution is -0.146. The first kappa shape index (κ1) is 12.8. The van der Waals surface area contributed by atoms with Crippen LogP contribution in [0.15, 0.2) is 0 Å². The lowest BCUT2D eigenvalue weighted by atomic mass is 9.96. The van der Waals surface area contributed by atoms with Crippen LogP contribution in [0.25, 0.3) is 0 Å². The standard InChI is InChI=1S/C10H18N2O4S/c1-17(15,16)12-4-2-3-8(5-12)10(14)11-6-9(13)7-11/h8-9,13H,2-7H2,1H3. The van der Waals surface area contributed by atoms with Gasteiger partial charge < -0.3 is 10.0 Å². The molecule has 0 spiro atoms. The zero-order chi connectivity index (χ0) is 12.6. The van der Waals surface area contributed by atoms with Gasteiger partial charge in [0.25, 0.3) is 0 Å². The van der Waals surface area contributed by atoms with E-state index < -0.39 is 16.1 Å². The minimum absolute atomic E-state index is 0.0244. The predicted molar refractivity (Wildman–Crippen MR) is 61.7 cm³/mol. The van der Waals surface area contributed by atoms with E-state index >= 15 is 0 Å². The summed E-state index contributed by atoms with van der Waals surface area (Å²) in [6.07, 6.45) is 2.22. The second-order valence-corrected chi connectivity index (χ2v) is 6.84. The molecule has 0 aromatic heterocycles. The Labute approximate surface area is 101 Å². The molecule has 0 radical (unpaired) electrons. The van der Waals surface area contributed by atoms with Gasteiger partial charge in [-0.2, -0.15) is 0 Å². The van der Waals surface area contributed by atoms with Gasteiger partial charge in [0.15, 0.2) is 0 Å². The summed E-state index contributed by atoms with van der Waals surface area (Å²) in [6, 6.07) is 0. The average molecular weight is 262 g/mol. The molecule has 0 saturated carbocycles. The monoisotopic (exact) mass is 262 g/mol. The van der Waals surface area contributed by atoms with Crippen LogP contribution in [0.2, 0.25) is 0 Å². The van der Waals surface area contributed by atoms with E-state index in [1.807, 2.05) is 0 Å². The maximum absolute atomic E-state index is 12.0. The molecule has 2 fully saturated rings. The fraction of sp³-hybridized carbons (Fsp3) is 0.900. The number of aliphatic hydroxyl groups is 1. The zero-order valence-electron chi connectivity index (χ0n) is 9.87. The highest BCUT2D eigenvalue weighted by molar-refractivity contribution is 7.88. The molecule has 0 aromatic rings. The van der Waals surface area contributed by atoms with Crippen LogP contribution in [0.1, 0.15) is 12.8 Å². The summed E-state index contributed by atoms with van der Waals surface area (Å²) in [5.74, 6) is -0.269. The first-order chi connectivity index (χ1) is 7.88. The summed E-state index contributed by atoms with van der Waals surface area (Å²) in [5, 5.41) is 9.15. The number of carbonyl (C=O) groups is 1. The van der Waals surface area contributed by atoms with Crippen LogP contribution >= 0.6 is 0 Å². The molecule has 1 atom stereocenters.